The first-order valence-corrected chi connectivity index (χ1v) is 7.10. The Morgan fingerprint density at radius 2 is 2.19 bits per heavy atom. The van der Waals surface area contributed by atoms with Gasteiger partial charge in [-0.3, -0.25) is 0 Å². The van der Waals surface area contributed by atoms with Crippen LogP contribution in [0.3, 0.4) is 0 Å². The van der Waals surface area contributed by atoms with Crippen LogP contribution in [0, 0.1) is 5.92 Å². The van der Waals surface area contributed by atoms with Gasteiger partial charge in [-0.15, -0.1) is 11.8 Å². The third kappa shape index (κ3) is 2.44. The molecule has 0 aromatic heterocycles. The Morgan fingerprint density at radius 1 is 1.44 bits per heavy atom. The first-order valence-electron chi connectivity index (χ1n) is 6.12. The average Bonchev–Trinajstić information content (AvgIpc) is 2.69. The molecule has 3 unspecified atom stereocenters. The van der Waals surface area contributed by atoms with Crippen LogP contribution in [0.25, 0.3) is 0 Å². The summed E-state index contributed by atoms with van der Waals surface area (Å²) in [5.74, 6) is 2.26. The van der Waals surface area contributed by atoms with E-state index in [2.05, 4.69) is 31.2 Å². The topological polar surface area (TPSA) is 20.2 Å². The molecule has 1 nitrogen and oxygen atoms in total. The van der Waals surface area contributed by atoms with Crippen molar-refractivity contribution in [2.45, 2.75) is 43.6 Å². The molecule has 1 N–H and O–H groups in total. The van der Waals surface area contributed by atoms with Gasteiger partial charge in [0.25, 0.3) is 0 Å². The molecule has 1 heterocycles. The zero-order valence-electron chi connectivity index (χ0n) is 10.0. The molecule has 0 aliphatic carbocycles. The standard InChI is InChI=1S/C14H20OS/c1-3-11(10(2)15)8-12-9-16-14-7-5-4-6-13(12)14/h4-7,10-12,15H,3,8-9H2,1-2H3. The van der Waals surface area contributed by atoms with Crippen molar-refractivity contribution >= 4 is 11.8 Å². The summed E-state index contributed by atoms with van der Waals surface area (Å²) in [6, 6.07) is 8.69. The fourth-order valence-corrected chi connectivity index (χ4v) is 3.77. The molecule has 1 aliphatic heterocycles. The molecule has 0 bridgehead atoms. The molecule has 1 aromatic carbocycles. The summed E-state index contributed by atoms with van der Waals surface area (Å²) in [4.78, 5) is 1.44. The number of fused-ring (bicyclic) bond motifs is 1. The van der Waals surface area contributed by atoms with Crippen LogP contribution in [0.4, 0.5) is 0 Å². The van der Waals surface area contributed by atoms with E-state index < -0.39 is 0 Å². The molecular formula is C14H20OS. The molecule has 1 aliphatic rings. The van der Waals surface area contributed by atoms with E-state index in [-0.39, 0.29) is 6.10 Å². The molecule has 3 atom stereocenters. The van der Waals surface area contributed by atoms with Crippen LogP contribution >= 0.6 is 11.8 Å². The second kappa shape index (κ2) is 5.24. The molecule has 88 valence electrons. The molecule has 0 saturated carbocycles. The lowest BCUT2D eigenvalue weighted by Crippen LogP contribution is -2.18. The number of aliphatic hydroxyl groups is 1. The maximum absolute atomic E-state index is 9.71. The highest BCUT2D eigenvalue weighted by atomic mass is 32.2. The summed E-state index contributed by atoms with van der Waals surface area (Å²) in [5.41, 5.74) is 1.49. The Morgan fingerprint density at radius 3 is 2.88 bits per heavy atom. The molecule has 0 radical (unpaired) electrons. The van der Waals surface area contributed by atoms with E-state index in [1.165, 1.54) is 16.2 Å². The van der Waals surface area contributed by atoms with E-state index in [0.29, 0.717) is 11.8 Å². The molecule has 16 heavy (non-hydrogen) atoms. The van der Waals surface area contributed by atoms with Crippen LogP contribution in [-0.2, 0) is 0 Å². The zero-order chi connectivity index (χ0) is 11.5. The number of hydrogen-bond acceptors (Lipinski definition) is 2. The molecule has 2 heteroatoms. The van der Waals surface area contributed by atoms with Gasteiger partial charge in [-0.05, 0) is 36.8 Å². The van der Waals surface area contributed by atoms with Crippen LogP contribution in [-0.4, -0.2) is 17.0 Å². The van der Waals surface area contributed by atoms with Gasteiger partial charge in [0.05, 0.1) is 6.10 Å². The van der Waals surface area contributed by atoms with Gasteiger partial charge < -0.3 is 5.11 Å². The van der Waals surface area contributed by atoms with Gasteiger partial charge in [-0.25, -0.2) is 0 Å². The van der Waals surface area contributed by atoms with Gasteiger partial charge in [-0.2, -0.15) is 0 Å². The quantitative estimate of drug-likeness (QED) is 0.860. The lowest BCUT2D eigenvalue weighted by molar-refractivity contribution is 0.114. The Labute approximate surface area is 102 Å². The smallest absolute Gasteiger partial charge is 0.0540 e. The molecule has 0 amide bonds. The van der Waals surface area contributed by atoms with E-state index in [1.54, 1.807) is 0 Å². The fourth-order valence-electron chi connectivity index (χ4n) is 2.49. The average molecular weight is 236 g/mol. The van der Waals surface area contributed by atoms with Gasteiger partial charge >= 0.3 is 0 Å². The summed E-state index contributed by atoms with van der Waals surface area (Å²) in [5, 5.41) is 9.71. The number of rotatable bonds is 4. The monoisotopic (exact) mass is 236 g/mol. The highest BCUT2D eigenvalue weighted by Gasteiger charge is 2.26. The van der Waals surface area contributed by atoms with Crippen molar-refractivity contribution in [3.8, 4) is 0 Å². The van der Waals surface area contributed by atoms with Crippen molar-refractivity contribution in [1.29, 1.82) is 0 Å². The zero-order valence-corrected chi connectivity index (χ0v) is 10.8. The highest BCUT2D eigenvalue weighted by molar-refractivity contribution is 7.99. The van der Waals surface area contributed by atoms with Crippen LogP contribution in [0.5, 0.6) is 0 Å². The predicted octanol–water partition coefficient (Wildman–Crippen LogP) is 3.67. The van der Waals surface area contributed by atoms with Crippen LogP contribution in [0.1, 0.15) is 38.2 Å². The highest BCUT2D eigenvalue weighted by Crippen LogP contribution is 2.43. The number of aliphatic hydroxyl groups excluding tert-OH is 1. The third-order valence-corrected chi connectivity index (χ3v) is 4.84. The third-order valence-electron chi connectivity index (χ3n) is 3.59. The van der Waals surface area contributed by atoms with E-state index >= 15 is 0 Å². The van der Waals surface area contributed by atoms with E-state index in [0.717, 1.165) is 12.8 Å². The minimum absolute atomic E-state index is 0.178. The summed E-state index contributed by atoms with van der Waals surface area (Å²) < 4.78 is 0. The second-order valence-electron chi connectivity index (χ2n) is 4.69. The van der Waals surface area contributed by atoms with Crippen molar-refractivity contribution in [1.82, 2.24) is 0 Å². The van der Waals surface area contributed by atoms with Crippen molar-refractivity contribution in [2.24, 2.45) is 5.92 Å². The Balaban J connectivity index is 2.08. The first kappa shape index (κ1) is 12.0. The lowest BCUT2D eigenvalue weighted by Gasteiger charge is -2.22. The number of benzene rings is 1. The Kier molecular flexibility index (Phi) is 3.93. The minimum atomic E-state index is -0.178. The van der Waals surface area contributed by atoms with Gasteiger partial charge in [0.1, 0.15) is 0 Å². The SMILES string of the molecule is CCC(CC1CSc2ccccc21)C(C)O. The number of thioether (sulfide) groups is 1. The number of hydrogen-bond donors (Lipinski definition) is 1. The van der Waals surface area contributed by atoms with E-state index in [1.807, 2.05) is 18.7 Å². The van der Waals surface area contributed by atoms with Gasteiger partial charge in [0.15, 0.2) is 0 Å². The van der Waals surface area contributed by atoms with Crippen molar-refractivity contribution in [2.75, 3.05) is 5.75 Å². The van der Waals surface area contributed by atoms with Crippen molar-refractivity contribution in [3.05, 3.63) is 29.8 Å². The minimum Gasteiger partial charge on any atom is -0.393 e. The Bertz CT molecular complexity index is 348. The van der Waals surface area contributed by atoms with Crippen molar-refractivity contribution < 1.29 is 5.11 Å². The van der Waals surface area contributed by atoms with E-state index in [4.69, 9.17) is 0 Å². The normalized spacial score (nSPS) is 22.8. The molecule has 2 rings (SSSR count). The molecule has 1 aromatic rings. The summed E-state index contributed by atoms with van der Waals surface area (Å²) in [7, 11) is 0. The van der Waals surface area contributed by atoms with Gasteiger partial charge in [-0.1, -0.05) is 31.5 Å². The van der Waals surface area contributed by atoms with Crippen LogP contribution < -0.4 is 0 Å². The maximum atomic E-state index is 9.71. The predicted molar refractivity (Wildman–Crippen MR) is 70.0 cm³/mol. The molecule has 0 fully saturated rings. The second-order valence-corrected chi connectivity index (χ2v) is 5.75. The largest absolute Gasteiger partial charge is 0.393 e. The first-order chi connectivity index (χ1) is 7.72. The lowest BCUT2D eigenvalue weighted by atomic mass is 9.86. The van der Waals surface area contributed by atoms with Crippen LogP contribution in [0.2, 0.25) is 0 Å². The molecule has 0 saturated heterocycles. The fraction of sp³-hybridized carbons (Fsp3) is 0.571. The maximum Gasteiger partial charge on any atom is 0.0540 e. The van der Waals surface area contributed by atoms with Crippen molar-refractivity contribution in [3.63, 3.8) is 0 Å². The summed E-state index contributed by atoms with van der Waals surface area (Å²) in [6.45, 7) is 4.09. The van der Waals surface area contributed by atoms with Crippen LogP contribution in [0.15, 0.2) is 29.2 Å². The van der Waals surface area contributed by atoms with Gasteiger partial charge in [0.2, 0.25) is 0 Å². The summed E-state index contributed by atoms with van der Waals surface area (Å²) >= 11 is 1.96. The van der Waals surface area contributed by atoms with E-state index in [9.17, 15) is 5.11 Å². The Hall–Kier alpha value is -0.470. The molecular weight excluding hydrogens is 216 g/mol. The van der Waals surface area contributed by atoms with Gasteiger partial charge in [0, 0.05) is 10.6 Å². The molecule has 0 spiro atoms. The summed E-state index contributed by atoms with van der Waals surface area (Å²) in [6.07, 6.45) is 2.02.